The Bertz CT molecular complexity index is 1440. The minimum absolute atomic E-state index is 0.00419. The van der Waals surface area contributed by atoms with Gasteiger partial charge in [0.1, 0.15) is 0 Å². The summed E-state index contributed by atoms with van der Waals surface area (Å²) in [6.07, 6.45) is 2.84. The third-order valence-corrected chi connectivity index (χ3v) is 15.7. The lowest BCUT2D eigenvalue weighted by atomic mass is 9.62. The van der Waals surface area contributed by atoms with E-state index in [9.17, 15) is 8.42 Å². The maximum atomic E-state index is 16.6. The summed E-state index contributed by atoms with van der Waals surface area (Å²) in [5, 5.41) is -5.43. The molecule has 0 spiro atoms. The lowest BCUT2D eigenvalue weighted by Crippen LogP contribution is -2.60. The van der Waals surface area contributed by atoms with Crippen LogP contribution in [-0.2, 0) is 13.7 Å². The van der Waals surface area contributed by atoms with E-state index in [2.05, 4.69) is 0 Å². The normalized spacial score (nSPS) is 31.4. The van der Waals surface area contributed by atoms with Crippen LogP contribution in [0.2, 0.25) is 0 Å². The summed E-state index contributed by atoms with van der Waals surface area (Å²) in [7, 11) is -9.58. The first kappa shape index (κ1) is 27.5. The number of halogens is 4. The molecule has 0 amide bonds. The summed E-state index contributed by atoms with van der Waals surface area (Å²) < 4.78 is 99.5. The zero-order valence-corrected chi connectivity index (χ0v) is 24.0. The number of rotatable bonds is 8. The van der Waals surface area contributed by atoms with Gasteiger partial charge in [0, 0.05) is 20.1 Å². The van der Waals surface area contributed by atoms with Crippen LogP contribution in [-0.4, -0.2) is 19.6 Å². The standard InChI is InChI=1S/C32H32F4O3S2/c33-31(34,30-19-18-24(21-30)28-22-16-17-23(20-22)29(28)30)32(35,36)41(37,38)39-40(25-10-4-1-5-11-25,26-12-6-2-7-13-26)27-14-8-3-9-15-27/h1-15,22-24,28-29H,16-21H2. The highest BCUT2D eigenvalue weighted by atomic mass is 32.3. The van der Waals surface area contributed by atoms with Gasteiger partial charge in [-0.05, 0) is 115 Å². The molecule has 0 radical (unpaired) electrons. The Labute approximate surface area is 240 Å². The van der Waals surface area contributed by atoms with Gasteiger partial charge in [0.05, 0.1) is 0 Å². The SMILES string of the molecule is O=S(=O)(OS(c1ccccc1)(c1ccccc1)c1ccccc1)C(F)(F)C(F)(F)C12CCC(C1)C1C3CCC(C3)C12. The Morgan fingerprint density at radius 2 is 1.17 bits per heavy atom. The van der Waals surface area contributed by atoms with E-state index in [1.807, 2.05) is 0 Å². The average molecular weight is 605 g/mol. The molecule has 218 valence electrons. The molecule has 9 heteroatoms. The van der Waals surface area contributed by atoms with Gasteiger partial charge in [-0.3, -0.25) is 0 Å². The minimum atomic E-state index is -6.17. The van der Waals surface area contributed by atoms with Gasteiger partial charge in [0.25, 0.3) is 0 Å². The van der Waals surface area contributed by atoms with Crippen molar-refractivity contribution in [1.29, 1.82) is 0 Å². The van der Waals surface area contributed by atoms with Crippen molar-refractivity contribution in [3.63, 3.8) is 0 Å². The predicted molar refractivity (Wildman–Crippen MR) is 149 cm³/mol. The molecule has 4 aliphatic carbocycles. The Hall–Kier alpha value is -2.36. The minimum Gasteiger partial charge on any atom is -0.202 e. The summed E-state index contributed by atoms with van der Waals surface area (Å²) in [5.74, 6) is -5.14. The third-order valence-electron chi connectivity index (χ3n) is 10.5. The van der Waals surface area contributed by atoms with E-state index in [1.54, 1.807) is 91.0 Å². The molecule has 4 fully saturated rings. The van der Waals surface area contributed by atoms with Gasteiger partial charge in [-0.15, -0.1) is 0 Å². The Morgan fingerprint density at radius 3 is 1.68 bits per heavy atom. The van der Waals surface area contributed by atoms with Crippen LogP contribution >= 0.6 is 10.3 Å². The van der Waals surface area contributed by atoms with Gasteiger partial charge in [-0.1, -0.05) is 54.6 Å². The van der Waals surface area contributed by atoms with Crippen LogP contribution < -0.4 is 0 Å². The van der Waals surface area contributed by atoms with Crippen LogP contribution in [0.4, 0.5) is 17.6 Å². The first-order chi connectivity index (χ1) is 19.6. The number of fused-ring (bicyclic) bond motifs is 9. The van der Waals surface area contributed by atoms with Crippen LogP contribution in [0.25, 0.3) is 0 Å². The van der Waals surface area contributed by atoms with Crippen molar-refractivity contribution < 1.29 is 29.6 Å². The van der Waals surface area contributed by atoms with Crippen LogP contribution in [0.15, 0.2) is 106 Å². The van der Waals surface area contributed by atoms with E-state index in [0.717, 1.165) is 19.3 Å². The molecule has 3 aromatic carbocycles. The molecular formula is C32H32F4O3S2. The molecule has 4 aliphatic rings. The summed E-state index contributed by atoms with van der Waals surface area (Å²) in [4.78, 5) is 0.939. The van der Waals surface area contributed by atoms with Crippen LogP contribution in [0.1, 0.15) is 38.5 Å². The summed E-state index contributed by atoms with van der Waals surface area (Å²) >= 11 is 0. The Balaban J connectivity index is 1.37. The van der Waals surface area contributed by atoms with Crippen molar-refractivity contribution >= 4 is 20.4 Å². The molecule has 6 unspecified atom stereocenters. The second-order valence-corrected chi connectivity index (χ2v) is 16.7. The highest BCUT2D eigenvalue weighted by molar-refractivity contribution is 8.33. The smallest absolute Gasteiger partial charge is 0.202 e. The maximum absolute atomic E-state index is 16.6. The van der Waals surface area contributed by atoms with Crippen molar-refractivity contribution in [2.45, 2.75) is 64.4 Å². The van der Waals surface area contributed by atoms with Crippen LogP contribution in [0.3, 0.4) is 0 Å². The predicted octanol–water partition coefficient (Wildman–Crippen LogP) is 8.92. The molecule has 4 bridgehead atoms. The highest BCUT2D eigenvalue weighted by Gasteiger charge is 2.83. The van der Waals surface area contributed by atoms with E-state index in [1.165, 1.54) is 0 Å². The third kappa shape index (κ3) is 3.64. The molecule has 3 aromatic rings. The molecule has 4 saturated carbocycles. The van der Waals surface area contributed by atoms with Gasteiger partial charge in [-0.2, -0.15) is 26.0 Å². The second-order valence-electron chi connectivity index (χ2n) is 12.2. The molecule has 7 rings (SSSR count). The molecule has 0 aliphatic heterocycles. The zero-order valence-electron chi connectivity index (χ0n) is 22.3. The Kier molecular flexibility index (Phi) is 6.24. The van der Waals surface area contributed by atoms with Gasteiger partial charge in [0.15, 0.2) is 0 Å². The van der Waals surface area contributed by atoms with Gasteiger partial charge >= 0.3 is 21.3 Å². The quantitative estimate of drug-likeness (QED) is 0.191. The lowest BCUT2D eigenvalue weighted by molar-refractivity contribution is -0.248. The molecule has 0 heterocycles. The summed E-state index contributed by atoms with van der Waals surface area (Å²) in [5.41, 5.74) is -2.04. The molecule has 0 aromatic heterocycles. The first-order valence-corrected chi connectivity index (χ1v) is 17.2. The summed E-state index contributed by atoms with van der Waals surface area (Å²) in [6.45, 7) is 0. The van der Waals surface area contributed by atoms with Crippen molar-refractivity contribution in [2.24, 2.45) is 35.0 Å². The summed E-state index contributed by atoms with van der Waals surface area (Å²) in [6, 6.07) is 24.6. The molecule has 6 atom stereocenters. The van der Waals surface area contributed by atoms with Gasteiger partial charge in [0.2, 0.25) is 0 Å². The van der Waals surface area contributed by atoms with E-state index in [-0.39, 0.29) is 30.6 Å². The number of hydrogen-bond donors (Lipinski definition) is 0. The largest absolute Gasteiger partial charge is 0.433 e. The monoisotopic (exact) mass is 604 g/mol. The van der Waals surface area contributed by atoms with Crippen molar-refractivity contribution in [2.75, 3.05) is 0 Å². The van der Waals surface area contributed by atoms with E-state index in [0.29, 0.717) is 27.0 Å². The highest BCUT2D eigenvalue weighted by Crippen LogP contribution is 2.78. The fraction of sp³-hybridized carbons (Fsp3) is 0.438. The van der Waals surface area contributed by atoms with Crippen molar-refractivity contribution in [3.05, 3.63) is 91.0 Å². The number of hydrogen-bond acceptors (Lipinski definition) is 3. The fourth-order valence-corrected chi connectivity index (χ4v) is 14.4. The van der Waals surface area contributed by atoms with Gasteiger partial charge in [-0.25, -0.2) is 3.63 Å². The molecule has 3 nitrogen and oxygen atoms in total. The lowest BCUT2D eigenvalue weighted by Gasteiger charge is -2.48. The maximum Gasteiger partial charge on any atom is 0.433 e. The van der Waals surface area contributed by atoms with Crippen LogP contribution in [0.5, 0.6) is 0 Å². The first-order valence-electron chi connectivity index (χ1n) is 14.2. The number of alkyl halides is 4. The second kappa shape index (κ2) is 9.32. The fourth-order valence-electron chi connectivity index (χ4n) is 9.06. The topological polar surface area (TPSA) is 43.4 Å². The average Bonchev–Trinajstić information content (AvgIpc) is 3.78. The van der Waals surface area contributed by atoms with E-state index in [4.69, 9.17) is 3.63 Å². The molecule has 0 N–H and O–H groups in total. The van der Waals surface area contributed by atoms with Crippen LogP contribution in [0, 0.1) is 35.0 Å². The zero-order chi connectivity index (χ0) is 28.7. The molecule has 41 heavy (non-hydrogen) atoms. The van der Waals surface area contributed by atoms with Crippen molar-refractivity contribution in [1.82, 2.24) is 0 Å². The molecule has 0 saturated heterocycles. The van der Waals surface area contributed by atoms with E-state index < -0.39 is 42.9 Å². The Morgan fingerprint density at radius 1 is 0.683 bits per heavy atom. The van der Waals surface area contributed by atoms with E-state index >= 15 is 17.6 Å². The molecular weight excluding hydrogens is 572 g/mol. The number of benzene rings is 3. The van der Waals surface area contributed by atoms with Crippen molar-refractivity contribution in [3.8, 4) is 0 Å². The van der Waals surface area contributed by atoms with Gasteiger partial charge < -0.3 is 0 Å².